The molecule has 2 aromatic rings. The van der Waals surface area contributed by atoms with Crippen LogP contribution in [0.3, 0.4) is 0 Å². The van der Waals surface area contributed by atoms with Gasteiger partial charge in [-0.1, -0.05) is 18.2 Å². The normalized spacial score (nSPS) is 10.2. The summed E-state index contributed by atoms with van der Waals surface area (Å²) in [6.45, 7) is 4.12. The number of rotatable bonds is 5. The number of halogens is 1. The van der Waals surface area contributed by atoms with E-state index in [2.05, 4.69) is 17.0 Å². The molecule has 6 nitrogen and oxygen atoms in total. The first-order valence-electron chi connectivity index (χ1n) is 5.43. The summed E-state index contributed by atoms with van der Waals surface area (Å²) in [5.74, 6) is 0. The third-order valence-corrected chi connectivity index (χ3v) is 2.80. The van der Waals surface area contributed by atoms with Gasteiger partial charge in [0.2, 0.25) is 0 Å². The number of hydrogen-bond acceptors (Lipinski definition) is 4. The molecular weight excluding hydrogens is 268 g/mol. The number of non-ortho nitro benzene ring substituents is 1. The number of nitro groups is 1. The van der Waals surface area contributed by atoms with Crippen molar-refractivity contribution in [3.05, 3.63) is 57.9 Å². The molecule has 1 aromatic carbocycles. The zero-order valence-electron chi connectivity index (χ0n) is 9.91. The van der Waals surface area contributed by atoms with Crippen molar-refractivity contribution in [2.75, 3.05) is 5.32 Å². The Morgan fingerprint density at radius 1 is 1.58 bits per heavy atom. The number of nitro benzene ring substituents is 1. The van der Waals surface area contributed by atoms with E-state index < -0.39 is 4.92 Å². The molecule has 1 N–H and O–H groups in total. The molecule has 2 rings (SSSR count). The number of aromatic nitrogens is 2. The maximum atomic E-state index is 10.6. The van der Waals surface area contributed by atoms with Crippen LogP contribution in [0.2, 0.25) is 5.02 Å². The lowest BCUT2D eigenvalue weighted by molar-refractivity contribution is -0.384. The van der Waals surface area contributed by atoms with Gasteiger partial charge >= 0.3 is 0 Å². The lowest BCUT2D eigenvalue weighted by atomic mass is 10.2. The highest BCUT2D eigenvalue weighted by atomic mass is 35.5. The summed E-state index contributed by atoms with van der Waals surface area (Å²) >= 11 is 5.97. The summed E-state index contributed by atoms with van der Waals surface area (Å²) < 4.78 is 1.59. The molecule has 0 spiro atoms. The van der Waals surface area contributed by atoms with Crippen LogP contribution in [0, 0.1) is 10.1 Å². The van der Waals surface area contributed by atoms with Gasteiger partial charge < -0.3 is 5.32 Å². The molecule has 98 valence electrons. The Balaban J connectivity index is 2.07. The van der Waals surface area contributed by atoms with Crippen LogP contribution in [-0.4, -0.2) is 14.7 Å². The van der Waals surface area contributed by atoms with Crippen LogP contribution in [0.15, 0.2) is 37.2 Å². The molecule has 0 bridgehead atoms. The predicted molar refractivity (Wildman–Crippen MR) is 74.0 cm³/mol. The molecule has 0 aliphatic rings. The molecule has 0 saturated carbocycles. The van der Waals surface area contributed by atoms with E-state index in [0.29, 0.717) is 17.3 Å². The van der Waals surface area contributed by atoms with Gasteiger partial charge in [-0.25, -0.2) is 4.68 Å². The van der Waals surface area contributed by atoms with Gasteiger partial charge in [0.1, 0.15) is 0 Å². The molecule has 0 atom stereocenters. The van der Waals surface area contributed by atoms with Crippen molar-refractivity contribution < 1.29 is 4.92 Å². The van der Waals surface area contributed by atoms with Gasteiger partial charge in [0.05, 0.1) is 21.8 Å². The maximum Gasteiger partial charge on any atom is 0.271 e. The molecule has 0 radical (unpaired) electrons. The van der Waals surface area contributed by atoms with Crippen molar-refractivity contribution >= 4 is 29.2 Å². The van der Waals surface area contributed by atoms with Crippen molar-refractivity contribution in [2.45, 2.75) is 6.54 Å². The summed E-state index contributed by atoms with van der Waals surface area (Å²) in [7, 11) is 0. The van der Waals surface area contributed by atoms with Gasteiger partial charge in [0.25, 0.3) is 5.69 Å². The molecule has 0 saturated heterocycles. The molecule has 1 aromatic heterocycles. The van der Waals surface area contributed by atoms with E-state index in [1.165, 1.54) is 12.1 Å². The van der Waals surface area contributed by atoms with Crippen LogP contribution in [0.25, 0.3) is 6.20 Å². The van der Waals surface area contributed by atoms with Crippen molar-refractivity contribution in [1.29, 1.82) is 0 Å². The van der Waals surface area contributed by atoms with E-state index in [4.69, 9.17) is 11.6 Å². The smallest absolute Gasteiger partial charge is 0.271 e. The van der Waals surface area contributed by atoms with Crippen LogP contribution in [0.4, 0.5) is 11.4 Å². The van der Waals surface area contributed by atoms with E-state index in [0.717, 1.165) is 5.56 Å². The SMILES string of the molecule is C=Cn1cc(CNc2ccc([N+](=O)[O-])cc2Cl)cn1. The minimum absolute atomic E-state index is 0.0324. The zero-order valence-corrected chi connectivity index (χ0v) is 10.7. The summed E-state index contributed by atoms with van der Waals surface area (Å²) in [4.78, 5) is 10.1. The number of hydrogen-bond donors (Lipinski definition) is 1. The first kappa shape index (κ1) is 13.1. The Morgan fingerprint density at radius 3 is 2.95 bits per heavy atom. The Morgan fingerprint density at radius 2 is 2.37 bits per heavy atom. The monoisotopic (exact) mass is 278 g/mol. The van der Waals surface area contributed by atoms with E-state index in [-0.39, 0.29) is 5.69 Å². The molecule has 19 heavy (non-hydrogen) atoms. The fourth-order valence-electron chi connectivity index (χ4n) is 1.53. The van der Waals surface area contributed by atoms with Crippen molar-refractivity contribution in [1.82, 2.24) is 9.78 Å². The van der Waals surface area contributed by atoms with Crippen molar-refractivity contribution in [2.24, 2.45) is 0 Å². The van der Waals surface area contributed by atoms with Gasteiger partial charge in [-0.2, -0.15) is 5.10 Å². The predicted octanol–water partition coefficient (Wildman–Crippen LogP) is 3.16. The molecular formula is C12H11ClN4O2. The molecule has 0 aliphatic carbocycles. The molecule has 0 fully saturated rings. The average Bonchev–Trinajstić information content (AvgIpc) is 2.85. The topological polar surface area (TPSA) is 73.0 Å². The second-order valence-corrected chi connectivity index (χ2v) is 4.19. The standard InChI is InChI=1S/C12H11ClN4O2/c1-2-16-8-9(7-15-16)6-14-12-4-3-10(17(18)19)5-11(12)13/h2-5,7-8,14H,1,6H2. The Hall–Kier alpha value is -2.34. The lowest BCUT2D eigenvalue weighted by Gasteiger charge is -2.06. The van der Waals surface area contributed by atoms with Gasteiger partial charge in [0.15, 0.2) is 0 Å². The first-order valence-corrected chi connectivity index (χ1v) is 5.81. The largest absolute Gasteiger partial charge is 0.380 e. The van der Waals surface area contributed by atoms with Crippen LogP contribution in [0.5, 0.6) is 0 Å². The van der Waals surface area contributed by atoms with Gasteiger partial charge in [-0.15, -0.1) is 0 Å². The second kappa shape index (κ2) is 5.53. The Labute approximate surface area is 114 Å². The van der Waals surface area contributed by atoms with Crippen LogP contribution >= 0.6 is 11.6 Å². The van der Waals surface area contributed by atoms with E-state index in [1.807, 2.05) is 6.20 Å². The summed E-state index contributed by atoms with van der Waals surface area (Å²) in [5.41, 5.74) is 1.56. The van der Waals surface area contributed by atoms with E-state index >= 15 is 0 Å². The zero-order chi connectivity index (χ0) is 13.8. The fourth-order valence-corrected chi connectivity index (χ4v) is 1.77. The highest BCUT2D eigenvalue weighted by molar-refractivity contribution is 6.33. The van der Waals surface area contributed by atoms with E-state index in [1.54, 1.807) is 23.1 Å². The highest BCUT2D eigenvalue weighted by Crippen LogP contribution is 2.26. The molecule has 0 unspecified atom stereocenters. The summed E-state index contributed by atoms with van der Waals surface area (Å²) in [5, 5.41) is 18.0. The highest BCUT2D eigenvalue weighted by Gasteiger charge is 2.09. The average molecular weight is 279 g/mol. The number of nitrogens with zero attached hydrogens (tertiary/aromatic N) is 3. The molecule has 0 amide bonds. The number of anilines is 1. The minimum atomic E-state index is -0.482. The van der Waals surface area contributed by atoms with Crippen molar-refractivity contribution in [3.63, 3.8) is 0 Å². The lowest BCUT2D eigenvalue weighted by Crippen LogP contribution is -1.99. The summed E-state index contributed by atoms with van der Waals surface area (Å²) in [6, 6.07) is 4.30. The molecule has 7 heteroatoms. The molecule has 0 aliphatic heterocycles. The van der Waals surface area contributed by atoms with Gasteiger partial charge in [-0.05, 0) is 6.07 Å². The minimum Gasteiger partial charge on any atom is -0.380 e. The molecule has 1 heterocycles. The third kappa shape index (κ3) is 3.11. The quantitative estimate of drug-likeness (QED) is 0.673. The van der Waals surface area contributed by atoms with Gasteiger partial charge in [-0.3, -0.25) is 10.1 Å². The number of benzene rings is 1. The Bertz CT molecular complexity index is 624. The first-order chi connectivity index (χ1) is 9.10. The van der Waals surface area contributed by atoms with Crippen LogP contribution < -0.4 is 5.32 Å². The number of nitrogens with one attached hydrogen (secondary N) is 1. The van der Waals surface area contributed by atoms with E-state index in [9.17, 15) is 10.1 Å². The third-order valence-electron chi connectivity index (χ3n) is 2.49. The van der Waals surface area contributed by atoms with Crippen molar-refractivity contribution in [3.8, 4) is 0 Å². The van der Waals surface area contributed by atoms with Gasteiger partial charge in [0, 0.05) is 36.6 Å². The Kier molecular flexibility index (Phi) is 3.82. The summed E-state index contributed by atoms with van der Waals surface area (Å²) in [6.07, 6.45) is 5.11. The second-order valence-electron chi connectivity index (χ2n) is 3.79. The fraction of sp³-hybridized carbons (Fsp3) is 0.0833. The maximum absolute atomic E-state index is 10.6. The van der Waals surface area contributed by atoms with Crippen LogP contribution in [-0.2, 0) is 6.54 Å². The van der Waals surface area contributed by atoms with Crippen LogP contribution in [0.1, 0.15) is 5.56 Å².